The number of benzene rings is 1. The highest BCUT2D eigenvalue weighted by molar-refractivity contribution is 5.86. The molecule has 0 spiro atoms. The van der Waals surface area contributed by atoms with Crippen LogP contribution < -0.4 is 10.7 Å². The molecule has 0 saturated carbocycles. The Morgan fingerprint density at radius 3 is 2.82 bits per heavy atom. The molecule has 22 heavy (non-hydrogen) atoms. The van der Waals surface area contributed by atoms with E-state index in [-0.39, 0.29) is 18.9 Å². The molecule has 6 nitrogen and oxygen atoms in total. The average Bonchev–Trinajstić information content (AvgIpc) is 2.98. The summed E-state index contributed by atoms with van der Waals surface area (Å²) in [5.41, 5.74) is 4.31. The van der Waals surface area contributed by atoms with E-state index in [1.165, 1.54) is 12.5 Å². The lowest BCUT2D eigenvalue weighted by Gasteiger charge is -2.05. The minimum Gasteiger partial charge on any atom is -0.463 e. The van der Waals surface area contributed by atoms with E-state index in [0.717, 1.165) is 11.1 Å². The molecule has 0 atom stereocenters. The van der Waals surface area contributed by atoms with Crippen molar-refractivity contribution < 1.29 is 14.0 Å². The van der Waals surface area contributed by atoms with Crippen molar-refractivity contribution in [1.29, 1.82) is 0 Å². The number of hydrogen-bond acceptors (Lipinski definition) is 4. The quantitative estimate of drug-likeness (QED) is 0.624. The number of rotatable bonds is 6. The molecule has 1 heterocycles. The van der Waals surface area contributed by atoms with Gasteiger partial charge in [-0.2, -0.15) is 5.10 Å². The molecular weight excluding hydrogens is 282 g/mol. The van der Waals surface area contributed by atoms with Gasteiger partial charge < -0.3 is 9.73 Å². The summed E-state index contributed by atoms with van der Waals surface area (Å²) in [6, 6.07) is 11.1. The van der Waals surface area contributed by atoms with Gasteiger partial charge in [0.1, 0.15) is 5.76 Å². The Morgan fingerprint density at radius 2 is 2.09 bits per heavy atom. The van der Waals surface area contributed by atoms with Crippen LogP contribution in [0.5, 0.6) is 0 Å². The second-order valence-electron chi connectivity index (χ2n) is 4.75. The minimum absolute atomic E-state index is 0.125. The molecule has 0 bridgehead atoms. The maximum atomic E-state index is 11.7. The van der Waals surface area contributed by atoms with Gasteiger partial charge in [0.2, 0.25) is 5.91 Å². The van der Waals surface area contributed by atoms with Crippen molar-refractivity contribution in [2.24, 2.45) is 5.10 Å². The zero-order valence-corrected chi connectivity index (χ0v) is 12.2. The largest absolute Gasteiger partial charge is 0.463 e. The molecule has 2 aromatic rings. The first kappa shape index (κ1) is 15.5. The van der Waals surface area contributed by atoms with Gasteiger partial charge >= 0.3 is 0 Å². The topological polar surface area (TPSA) is 83.7 Å². The van der Waals surface area contributed by atoms with Crippen LogP contribution in [0.25, 0.3) is 0 Å². The Hall–Kier alpha value is -2.89. The Kier molecular flexibility index (Phi) is 5.48. The van der Waals surface area contributed by atoms with Crippen LogP contribution >= 0.6 is 0 Å². The van der Waals surface area contributed by atoms with E-state index in [2.05, 4.69) is 15.8 Å². The van der Waals surface area contributed by atoms with Crippen LogP contribution in [0, 0.1) is 6.92 Å². The van der Waals surface area contributed by atoms with Crippen molar-refractivity contribution in [2.75, 3.05) is 6.54 Å². The van der Waals surface area contributed by atoms with E-state index < -0.39 is 5.91 Å². The van der Waals surface area contributed by atoms with Gasteiger partial charge in [-0.3, -0.25) is 9.59 Å². The van der Waals surface area contributed by atoms with E-state index in [4.69, 9.17) is 4.42 Å². The van der Waals surface area contributed by atoms with Crippen LogP contribution in [0.15, 0.2) is 52.2 Å². The second-order valence-corrected chi connectivity index (χ2v) is 4.75. The van der Waals surface area contributed by atoms with Gasteiger partial charge in [0.05, 0.1) is 25.4 Å². The fraction of sp³-hybridized carbons (Fsp3) is 0.188. The van der Waals surface area contributed by atoms with Crippen LogP contribution in [-0.2, 0) is 16.0 Å². The third kappa shape index (κ3) is 5.24. The average molecular weight is 299 g/mol. The van der Waals surface area contributed by atoms with Crippen LogP contribution in [0.3, 0.4) is 0 Å². The lowest BCUT2D eigenvalue weighted by atomic mass is 10.1. The van der Waals surface area contributed by atoms with Crippen LogP contribution in [0.2, 0.25) is 0 Å². The Bertz CT molecular complexity index is 663. The standard InChI is InChI=1S/C16H17N3O3/c1-12-4-2-5-13(8-12)9-15(20)17-11-16(21)19-18-10-14-6-3-7-22-14/h2-8,10H,9,11H2,1H3,(H,17,20)(H,19,21)/b18-10+. The Morgan fingerprint density at radius 1 is 1.23 bits per heavy atom. The first-order chi connectivity index (χ1) is 10.6. The van der Waals surface area contributed by atoms with Gasteiger partial charge in [0, 0.05) is 0 Å². The summed E-state index contributed by atoms with van der Waals surface area (Å²) < 4.78 is 5.02. The third-order valence-corrected chi connectivity index (χ3v) is 2.82. The number of aryl methyl sites for hydroxylation is 1. The molecule has 0 fully saturated rings. The first-order valence-corrected chi connectivity index (χ1v) is 6.81. The van der Waals surface area contributed by atoms with Crippen molar-refractivity contribution in [1.82, 2.24) is 10.7 Å². The van der Waals surface area contributed by atoms with Gasteiger partial charge in [-0.05, 0) is 24.6 Å². The summed E-state index contributed by atoms with van der Waals surface area (Å²) >= 11 is 0. The molecule has 114 valence electrons. The summed E-state index contributed by atoms with van der Waals surface area (Å²) in [5.74, 6) is -0.0834. The van der Waals surface area contributed by atoms with E-state index in [1.54, 1.807) is 12.1 Å². The molecule has 2 rings (SSSR count). The number of hydrazone groups is 1. The monoisotopic (exact) mass is 299 g/mol. The molecule has 1 aromatic heterocycles. The zero-order chi connectivity index (χ0) is 15.8. The normalized spacial score (nSPS) is 10.6. The molecule has 2 amide bonds. The van der Waals surface area contributed by atoms with Crippen LogP contribution in [0.1, 0.15) is 16.9 Å². The van der Waals surface area contributed by atoms with Crippen molar-refractivity contribution in [2.45, 2.75) is 13.3 Å². The molecule has 0 aliphatic heterocycles. The number of amides is 2. The SMILES string of the molecule is Cc1cccc(CC(=O)NCC(=O)N/N=C/c2ccco2)c1. The predicted molar refractivity (Wildman–Crippen MR) is 82.3 cm³/mol. The fourth-order valence-corrected chi connectivity index (χ4v) is 1.82. The fourth-order valence-electron chi connectivity index (χ4n) is 1.82. The molecule has 1 aromatic carbocycles. The highest BCUT2D eigenvalue weighted by Gasteiger charge is 2.06. The number of carbonyl (C=O) groups is 2. The first-order valence-electron chi connectivity index (χ1n) is 6.81. The third-order valence-electron chi connectivity index (χ3n) is 2.82. The molecule has 0 aliphatic rings. The highest BCUT2D eigenvalue weighted by atomic mass is 16.3. The lowest BCUT2D eigenvalue weighted by Crippen LogP contribution is -2.35. The van der Waals surface area contributed by atoms with Crippen LogP contribution in [-0.4, -0.2) is 24.6 Å². The van der Waals surface area contributed by atoms with Crippen molar-refractivity contribution in [3.05, 3.63) is 59.5 Å². The van der Waals surface area contributed by atoms with Gasteiger partial charge in [-0.1, -0.05) is 29.8 Å². The zero-order valence-electron chi connectivity index (χ0n) is 12.2. The predicted octanol–water partition coefficient (Wildman–Crippen LogP) is 1.40. The summed E-state index contributed by atoms with van der Waals surface area (Å²) in [5, 5.41) is 6.26. The smallest absolute Gasteiger partial charge is 0.259 e. The lowest BCUT2D eigenvalue weighted by molar-refractivity contribution is -0.125. The van der Waals surface area contributed by atoms with E-state index in [1.807, 2.05) is 31.2 Å². The number of nitrogens with one attached hydrogen (secondary N) is 2. The summed E-state index contributed by atoms with van der Waals surface area (Å²) in [6.07, 6.45) is 3.13. The van der Waals surface area contributed by atoms with E-state index in [9.17, 15) is 9.59 Å². The van der Waals surface area contributed by atoms with Gasteiger partial charge in [0.15, 0.2) is 0 Å². The molecule has 6 heteroatoms. The number of nitrogens with zero attached hydrogens (tertiary/aromatic N) is 1. The summed E-state index contributed by atoms with van der Waals surface area (Å²) in [7, 11) is 0. The number of carbonyl (C=O) groups excluding carboxylic acids is 2. The van der Waals surface area contributed by atoms with E-state index in [0.29, 0.717) is 5.76 Å². The van der Waals surface area contributed by atoms with Gasteiger partial charge in [-0.25, -0.2) is 5.43 Å². The maximum absolute atomic E-state index is 11.7. The number of hydrogen-bond donors (Lipinski definition) is 2. The Balaban J connectivity index is 1.70. The minimum atomic E-state index is -0.402. The van der Waals surface area contributed by atoms with Gasteiger partial charge in [0.25, 0.3) is 5.91 Å². The Labute approximate surface area is 128 Å². The highest BCUT2D eigenvalue weighted by Crippen LogP contribution is 2.04. The van der Waals surface area contributed by atoms with Crippen molar-refractivity contribution in [3.63, 3.8) is 0 Å². The van der Waals surface area contributed by atoms with Crippen molar-refractivity contribution in [3.8, 4) is 0 Å². The summed E-state index contributed by atoms with van der Waals surface area (Å²) in [4.78, 5) is 23.3. The van der Waals surface area contributed by atoms with E-state index >= 15 is 0 Å². The summed E-state index contributed by atoms with van der Waals surface area (Å²) in [6.45, 7) is 1.84. The maximum Gasteiger partial charge on any atom is 0.259 e. The van der Waals surface area contributed by atoms with Crippen molar-refractivity contribution >= 4 is 18.0 Å². The second kappa shape index (κ2) is 7.78. The molecular formula is C16H17N3O3. The molecule has 0 radical (unpaired) electrons. The van der Waals surface area contributed by atoms with Crippen LogP contribution in [0.4, 0.5) is 0 Å². The molecule has 0 saturated heterocycles. The number of furan rings is 1. The van der Waals surface area contributed by atoms with Gasteiger partial charge in [-0.15, -0.1) is 0 Å². The molecule has 2 N–H and O–H groups in total. The molecule has 0 aliphatic carbocycles. The molecule has 0 unspecified atom stereocenters.